The minimum atomic E-state index is -0.591. The highest BCUT2D eigenvalue weighted by molar-refractivity contribution is 5.78. The third-order valence-corrected chi connectivity index (χ3v) is 3.93. The Kier molecular flexibility index (Phi) is 5.65. The highest BCUT2D eigenvalue weighted by Gasteiger charge is 2.24. The van der Waals surface area contributed by atoms with Crippen LogP contribution in [0.2, 0.25) is 0 Å². The second kappa shape index (κ2) is 7.70. The van der Waals surface area contributed by atoms with Crippen molar-refractivity contribution in [2.24, 2.45) is 0 Å². The molecule has 0 spiro atoms. The zero-order chi connectivity index (χ0) is 17.7. The number of nitro groups is 1. The molecule has 1 atom stereocenters. The van der Waals surface area contributed by atoms with Gasteiger partial charge in [-0.05, 0) is 36.1 Å². The SMILES string of the molecule is COC(=O)[C@@H](NCc1ccc([N+](=O)[O-])cc1)c1c(C)cccc1C. The molecule has 0 aliphatic heterocycles. The molecule has 0 saturated carbocycles. The van der Waals surface area contributed by atoms with E-state index < -0.39 is 11.0 Å². The summed E-state index contributed by atoms with van der Waals surface area (Å²) in [7, 11) is 1.36. The summed E-state index contributed by atoms with van der Waals surface area (Å²) >= 11 is 0. The number of hydrogen-bond donors (Lipinski definition) is 1. The molecule has 0 heterocycles. The molecule has 0 amide bonds. The summed E-state index contributed by atoms with van der Waals surface area (Å²) in [5.41, 5.74) is 3.79. The molecule has 2 aromatic carbocycles. The van der Waals surface area contributed by atoms with Gasteiger partial charge in [-0.3, -0.25) is 15.4 Å². The summed E-state index contributed by atoms with van der Waals surface area (Å²) in [6.07, 6.45) is 0. The maximum absolute atomic E-state index is 12.2. The molecule has 0 saturated heterocycles. The smallest absolute Gasteiger partial charge is 0.327 e. The largest absolute Gasteiger partial charge is 0.468 e. The molecule has 0 aliphatic rings. The van der Waals surface area contributed by atoms with Gasteiger partial charge in [-0.1, -0.05) is 30.3 Å². The molecule has 0 aromatic heterocycles. The van der Waals surface area contributed by atoms with E-state index in [0.717, 1.165) is 22.3 Å². The number of rotatable bonds is 6. The molecule has 24 heavy (non-hydrogen) atoms. The number of carbonyl (C=O) groups is 1. The van der Waals surface area contributed by atoms with Gasteiger partial charge in [0.2, 0.25) is 0 Å². The summed E-state index contributed by atoms with van der Waals surface area (Å²) in [5.74, 6) is -0.366. The van der Waals surface area contributed by atoms with Gasteiger partial charge in [0.1, 0.15) is 6.04 Å². The zero-order valence-electron chi connectivity index (χ0n) is 13.9. The third-order valence-electron chi connectivity index (χ3n) is 3.93. The lowest BCUT2D eigenvalue weighted by Crippen LogP contribution is -2.30. The lowest BCUT2D eigenvalue weighted by atomic mass is 9.96. The normalized spacial score (nSPS) is 11.8. The van der Waals surface area contributed by atoms with Crippen LogP contribution in [0, 0.1) is 24.0 Å². The lowest BCUT2D eigenvalue weighted by molar-refractivity contribution is -0.384. The fourth-order valence-corrected chi connectivity index (χ4v) is 2.66. The van der Waals surface area contributed by atoms with E-state index in [0.29, 0.717) is 6.54 Å². The van der Waals surface area contributed by atoms with E-state index in [1.165, 1.54) is 19.2 Å². The molecule has 0 fully saturated rings. The molecule has 0 unspecified atom stereocenters. The molecule has 6 nitrogen and oxygen atoms in total. The first-order valence-corrected chi connectivity index (χ1v) is 7.54. The standard InChI is InChI=1S/C18H20N2O4/c1-12-5-4-6-13(2)16(12)17(18(21)24-3)19-11-14-7-9-15(10-8-14)20(22)23/h4-10,17,19H,11H2,1-3H3/t17-/m0/s1. The van der Waals surface area contributed by atoms with E-state index in [1.807, 2.05) is 32.0 Å². The van der Waals surface area contributed by atoms with Crippen molar-refractivity contribution < 1.29 is 14.5 Å². The van der Waals surface area contributed by atoms with Crippen molar-refractivity contribution in [3.63, 3.8) is 0 Å². The summed E-state index contributed by atoms with van der Waals surface area (Å²) in [4.78, 5) is 22.5. The number of benzene rings is 2. The predicted octanol–water partition coefficient (Wildman–Crippen LogP) is 3.22. The Balaban J connectivity index is 2.21. The molecule has 0 aliphatic carbocycles. The highest BCUT2D eigenvalue weighted by atomic mass is 16.6. The van der Waals surface area contributed by atoms with Gasteiger partial charge in [0, 0.05) is 18.7 Å². The van der Waals surface area contributed by atoms with Crippen molar-refractivity contribution in [2.75, 3.05) is 7.11 Å². The minimum absolute atomic E-state index is 0.0398. The van der Waals surface area contributed by atoms with Gasteiger partial charge in [0.05, 0.1) is 12.0 Å². The van der Waals surface area contributed by atoms with Crippen LogP contribution in [0.5, 0.6) is 0 Å². The Bertz CT molecular complexity index is 721. The van der Waals surface area contributed by atoms with Crippen LogP contribution in [-0.2, 0) is 16.1 Å². The summed E-state index contributed by atoms with van der Waals surface area (Å²) in [6, 6.07) is 11.5. The number of nitrogens with one attached hydrogen (secondary N) is 1. The van der Waals surface area contributed by atoms with Crippen molar-refractivity contribution in [3.8, 4) is 0 Å². The topological polar surface area (TPSA) is 81.5 Å². The number of carbonyl (C=O) groups excluding carboxylic acids is 1. The summed E-state index contributed by atoms with van der Waals surface area (Å²) in [6.45, 7) is 4.29. The van der Waals surface area contributed by atoms with E-state index in [9.17, 15) is 14.9 Å². The molecule has 0 bridgehead atoms. The van der Waals surface area contributed by atoms with Crippen LogP contribution in [0.4, 0.5) is 5.69 Å². The number of aryl methyl sites for hydroxylation is 2. The van der Waals surface area contributed by atoms with Crippen LogP contribution in [0.25, 0.3) is 0 Å². The van der Waals surface area contributed by atoms with E-state index in [4.69, 9.17) is 4.74 Å². The van der Waals surface area contributed by atoms with Gasteiger partial charge >= 0.3 is 5.97 Å². The van der Waals surface area contributed by atoms with E-state index >= 15 is 0 Å². The maximum Gasteiger partial charge on any atom is 0.327 e. The van der Waals surface area contributed by atoms with Crippen molar-refractivity contribution in [1.82, 2.24) is 5.32 Å². The van der Waals surface area contributed by atoms with E-state index in [1.54, 1.807) is 12.1 Å². The third kappa shape index (κ3) is 3.97. The van der Waals surface area contributed by atoms with Gasteiger partial charge in [0.15, 0.2) is 0 Å². The average Bonchev–Trinajstić information content (AvgIpc) is 2.57. The van der Waals surface area contributed by atoms with Crippen molar-refractivity contribution in [3.05, 3.63) is 74.8 Å². The number of nitro benzene ring substituents is 1. The molecular weight excluding hydrogens is 308 g/mol. The zero-order valence-corrected chi connectivity index (χ0v) is 13.9. The number of ether oxygens (including phenoxy) is 1. The van der Waals surface area contributed by atoms with Crippen molar-refractivity contribution >= 4 is 11.7 Å². The maximum atomic E-state index is 12.2. The lowest BCUT2D eigenvalue weighted by Gasteiger charge is -2.21. The van der Waals surface area contributed by atoms with Crippen LogP contribution in [-0.4, -0.2) is 18.0 Å². The molecule has 1 N–H and O–H groups in total. The van der Waals surface area contributed by atoms with Gasteiger partial charge in [0.25, 0.3) is 5.69 Å². The second-order valence-electron chi connectivity index (χ2n) is 5.57. The first-order chi connectivity index (χ1) is 11.4. The number of hydrogen-bond acceptors (Lipinski definition) is 5. The number of nitrogens with zero attached hydrogens (tertiary/aromatic N) is 1. The van der Waals surface area contributed by atoms with Gasteiger partial charge < -0.3 is 4.74 Å². The van der Waals surface area contributed by atoms with Crippen LogP contribution < -0.4 is 5.32 Å². The molecule has 2 aromatic rings. The second-order valence-corrected chi connectivity index (χ2v) is 5.57. The molecule has 126 valence electrons. The van der Waals surface area contributed by atoms with Gasteiger partial charge in [-0.25, -0.2) is 4.79 Å². The summed E-state index contributed by atoms with van der Waals surface area (Å²) in [5, 5.41) is 13.9. The van der Waals surface area contributed by atoms with E-state index in [2.05, 4.69) is 5.32 Å². The Hall–Kier alpha value is -2.73. The average molecular weight is 328 g/mol. The van der Waals surface area contributed by atoms with Crippen molar-refractivity contribution in [2.45, 2.75) is 26.4 Å². The van der Waals surface area contributed by atoms with Crippen LogP contribution in [0.15, 0.2) is 42.5 Å². The number of esters is 1. The molecule has 0 radical (unpaired) electrons. The Morgan fingerprint density at radius 2 is 1.75 bits per heavy atom. The Morgan fingerprint density at radius 1 is 1.17 bits per heavy atom. The first-order valence-electron chi connectivity index (χ1n) is 7.54. The predicted molar refractivity (Wildman–Crippen MR) is 90.6 cm³/mol. The van der Waals surface area contributed by atoms with Crippen LogP contribution in [0.3, 0.4) is 0 Å². The highest BCUT2D eigenvalue weighted by Crippen LogP contribution is 2.23. The number of methoxy groups -OCH3 is 1. The first kappa shape index (κ1) is 17.6. The Morgan fingerprint density at radius 3 is 2.25 bits per heavy atom. The van der Waals surface area contributed by atoms with Crippen molar-refractivity contribution in [1.29, 1.82) is 0 Å². The fourth-order valence-electron chi connectivity index (χ4n) is 2.66. The number of non-ortho nitro benzene ring substituents is 1. The fraction of sp³-hybridized carbons (Fsp3) is 0.278. The summed E-state index contributed by atoms with van der Waals surface area (Å²) < 4.78 is 4.93. The van der Waals surface area contributed by atoms with Crippen LogP contribution in [0.1, 0.15) is 28.3 Å². The van der Waals surface area contributed by atoms with E-state index in [-0.39, 0.29) is 11.7 Å². The van der Waals surface area contributed by atoms with Gasteiger partial charge in [-0.2, -0.15) is 0 Å². The Labute approximate surface area is 140 Å². The minimum Gasteiger partial charge on any atom is -0.468 e. The molecule has 2 rings (SSSR count). The van der Waals surface area contributed by atoms with Crippen LogP contribution >= 0.6 is 0 Å². The molecular formula is C18H20N2O4. The quantitative estimate of drug-likeness (QED) is 0.500. The van der Waals surface area contributed by atoms with Gasteiger partial charge in [-0.15, -0.1) is 0 Å². The monoisotopic (exact) mass is 328 g/mol. The molecule has 6 heteroatoms.